The highest BCUT2D eigenvalue weighted by Crippen LogP contribution is 2.20. The molecule has 1 saturated heterocycles. The molecule has 0 aliphatic carbocycles. The number of nitrogens with zero attached hydrogens (tertiary/aromatic N) is 1. The fraction of sp³-hybridized carbons (Fsp3) is 0.533. The molecule has 1 aliphatic heterocycles. The summed E-state index contributed by atoms with van der Waals surface area (Å²) >= 11 is 0. The van der Waals surface area contributed by atoms with Crippen LogP contribution in [0, 0.1) is 6.92 Å². The minimum absolute atomic E-state index is 0.705. The third-order valence-electron chi connectivity index (χ3n) is 3.67. The predicted octanol–water partition coefficient (Wildman–Crippen LogP) is 2.64. The van der Waals surface area contributed by atoms with Crippen molar-refractivity contribution in [3.63, 3.8) is 0 Å². The average molecular weight is 231 g/mol. The molecule has 1 fully saturated rings. The summed E-state index contributed by atoms with van der Waals surface area (Å²) in [4.78, 5) is 2.49. The van der Waals surface area contributed by atoms with Crippen molar-refractivity contribution in [2.75, 3.05) is 25.0 Å². The van der Waals surface area contributed by atoms with E-state index in [0.29, 0.717) is 6.04 Å². The number of rotatable bonds is 4. The Kier molecular flexibility index (Phi) is 4.43. The molecule has 17 heavy (non-hydrogen) atoms. The van der Waals surface area contributed by atoms with E-state index in [2.05, 4.69) is 48.5 Å². The molecule has 2 rings (SSSR count). The highest BCUT2D eigenvalue weighted by Gasteiger charge is 2.17. The molecule has 0 saturated carbocycles. The number of hydrogen-bond donors (Lipinski definition) is 1. The van der Waals surface area contributed by atoms with Gasteiger partial charge in [0.25, 0.3) is 0 Å². The van der Waals surface area contributed by atoms with Gasteiger partial charge in [-0.2, -0.15) is 0 Å². The number of piperidine rings is 1. The molecular weight excluding hydrogens is 208 g/mol. The van der Waals surface area contributed by atoms with Gasteiger partial charge in [-0.3, -0.25) is 0 Å². The molecular formula is C15H23N2. The first-order valence-corrected chi connectivity index (χ1v) is 6.64. The van der Waals surface area contributed by atoms with Gasteiger partial charge in [0.1, 0.15) is 0 Å². The van der Waals surface area contributed by atoms with E-state index in [1.807, 2.05) is 0 Å². The first-order chi connectivity index (χ1) is 8.33. The lowest BCUT2D eigenvalue weighted by Gasteiger charge is -2.33. The van der Waals surface area contributed by atoms with E-state index < -0.39 is 0 Å². The van der Waals surface area contributed by atoms with Crippen molar-refractivity contribution in [3.8, 4) is 0 Å². The zero-order valence-electron chi connectivity index (χ0n) is 10.8. The third kappa shape index (κ3) is 3.22. The largest absolute Gasteiger partial charge is 0.371 e. The predicted molar refractivity (Wildman–Crippen MR) is 74.4 cm³/mol. The molecule has 0 spiro atoms. The SMILES string of the molecule is [CH2]CCc1ccc(N2CCC(NC)CC2)cc1. The Morgan fingerprint density at radius 1 is 1.24 bits per heavy atom. The standard InChI is InChI=1S/C15H23N2/c1-3-4-13-5-7-15(8-6-13)17-11-9-14(16-2)10-12-17/h5-8,14,16H,1,3-4,9-12H2,2H3. The number of benzene rings is 1. The summed E-state index contributed by atoms with van der Waals surface area (Å²) in [6, 6.07) is 9.70. The fourth-order valence-electron chi connectivity index (χ4n) is 2.50. The lowest BCUT2D eigenvalue weighted by atomic mass is 10.0. The summed E-state index contributed by atoms with van der Waals surface area (Å²) in [5.74, 6) is 0. The molecule has 2 heteroatoms. The van der Waals surface area contributed by atoms with Crippen LogP contribution in [0.1, 0.15) is 24.8 Å². The number of anilines is 1. The summed E-state index contributed by atoms with van der Waals surface area (Å²) in [6.45, 7) is 6.23. The van der Waals surface area contributed by atoms with Crippen molar-refractivity contribution in [1.29, 1.82) is 0 Å². The van der Waals surface area contributed by atoms with Crippen LogP contribution < -0.4 is 10.2 Å². The Labute approximate surface area is 105 Å². The smallest absolute Gasteiger partial charge is 0.0366 e. The molecule has 1 radical (unpaired) electrons. The minimum Gasteiger partial charge on any atom is -0.371 e. The van der Waals surface area contributed by atoms with Gasteiger partial charge in [-0.1, -0.05) is 19.1 Å². The van der Waals surface area contributed by atoms with Crippen LogP contribution in [0.2, 0.25) is 0 Å². The van der Waals surface area contributed by atoms with Crippen molar-refractivity contribution < 1.29 is 0 Å². The summed E-state index contributed by atoms with van der Waals surface area (Å²) < 4.78 is 0. The minimum atomic E-state index is 0.705. The second kappa shape index (κ2) is 6.06. The number of aryl methyl sites for hydroxylation is 1. The summed E-state index contributed by atoms with van der Waals surface area (Å²) in [5, 5.41) is 3.37. The zero-order chi connectivity index (χ0) is 12.1. The zero-order valence-corrected chi connectivity index (χ0v) is 10.8. The van der Waals surface area contributed by atoms with E-state index in [4.69, 9.17) is 0 Å². The van der Waals surface area contributed by atoms with Crippen LogP contribution in [0.3, 0.4) is 0 Å². The van der Waals surface area contributed by atoms with Crippen molar-refractivity contribution in [3.05, 3.63) is 36.8 Å². The summed E-state index contributed by atoms with van der Waals surface area (Å²) in [5.41, 5.74) is 2.77. The van der Waals surface area contributed by atoms with Gasteiger partial charge in [-0.25, -0.2) is 0 Å². The van der Waals surface area contributed by atoms with Crippen molar-refractivity contribution >= 4 is 5.69 Å². The molecule has 1 aromatic carbocycles. The molecule has 0 bridgehead atoms. The Balaban J connectivity index is 1.94. The van der Waals surface area contributed by atoms with E-state index in [0.717, 1.165) is 12.8 Å². The van der Waals surface area contributed by atoms with Crippen LogP contribution in [-0.2, 0) is 6.42 Å². The highest BCUT2D eigenvalue weighted by molar-refractivity contribution is 5.48. The van der Waals surface area contributed by atoms with Gasteiger partial charge in [0.05, 0.1) is 0 Å². The molecule has 0 unspecified atom stereocenters. The maximum atomic E-state index is 3.89. The Bertz CT molecular complexity index is 323. The van der Waals surface area contributed by atoms with Gasteiger partial charge >= 0.3 is 0 Å². The first-order valence-electron chi connectivity index (χ1n) is 6.64. The molecule has 0 amide bonds. The van der Waals surface area contributed by atoms with E-state index in [9.17, 15) is 0 Å². The second-order valence-corrected chi connectivity index (χ2v) is 4.82. The second-order valence-electron chi connectivity index (χ2n) is 4.82. The van der Waals surface area contributed by atoms with Gasteiger partial charge in [-0.15, -0.1) is 0 Å². The van der Waals surface area contributed by atoms with Crippen LogP contribution in [0.15, 0.2) is 24.3 Å². The lowest BCUT2D eigenvalue weighted by molar-refractivity contribution is 0.442. The lowest BCUT2D eigenvalue weighted by Crippen LogP contribution is -2.41. The molecule has 1 N–H and O–H groups in total. The van der Waals surface area contributed by atoms with E-state index in [-0.39, 0.29) is 0 Å². The summed E-state index contributed by atoms with van der Waals surface area (Å²) in [7, 11) is 2.06. The highest BCUT2D eigenvalue weighted by atomic mass is 15.1. The first kappa shape index (κ1) is 12.4. The van der Waals surface area contributed by atoms with Gasteiger partial charge in [-0.05, 0) is 50.4 Å². The van der Waals surface area contributed by atoms with Crippen LogP contribution >= 0.6 is 0 Å². The molecule has 2 nitrogen and oxygen atoms in total. The molecule has 93 valence electrons. The molecule has 0 atom stereocenters. The van der Waals surface area contributed by atoms with Gasteiger partial charge in [0.2, 0.25) is 0 Å². The van der Waals surface area contributed by atoms with E-state index >= 15 is 0 Å². The fourth-order valence-corrected chi connectivity index (χ4v) is 2.50. The van der Waals surface area contributed by atoms with Gasteiger partial charge in [0, 0.05) is 24.8 Å². The van der Waals surface area contributed by atoms with Crippen LogP contribution in [-0.4, -0.2) is 26.2 Å². The maximum Gasteiger partial charge on any atom is 0.0366 e. The molecule has 1 heterocycles. The monoisotopic (exact) mass is 231 g/mol. The normalized spacial score (nSPS) is 17.4. The quantitative estimate of drug-likeness (QED) is 0.857. The van der Waals surface area contributed by atoms with Crippen LogP contribution in [0.5, 0.6) is 0 Å². The number of nitrogens with one attached hydrogen (secondary N) is 1. The Morgan fingerprint density at radius 2 is 1.88 bits per heavy atom. The van der Waals surface area contributed by atoms with Gasteiger partial charge in [0.15, 0.2) is 0 Å². The van der Waals surface area contributed by atoms with Crippen molar-refractivity contribution in [1.82, 2.24) is 5.32 Å². The van der Waals surface area contributed by atoms with E-state index in [1.54, 1.807) is 0 Å². The maximum absolute atomic E-state index is 3.89. The van der Waals surface area contributed by atoms with Crippen LogP contribution in [0.4, 0.5) is 5.69 Å². The Hall–Kier alpha value is -1.02. The molecule has 1 aromatic rings. The summed E-state index contributed by atoms with van der Waals surface area (Å²) in [6.07, 6.45) is 4.56. The van der Waals surface area contributed by atoms with E-state index in [1.165, 1.54) is 37.2 Å². The average Bonchev–Trinajstić information content (AvgIpc) is 2.40. The third-order valence-corrected chi connectivity index (χ3v) is 3.67. The van der Waals surface area contributed by atoms with Crippen LogP contribution in [0.25, 0.3) is 0 Å². The number of hydrogen-bond acceptors (Lipinski definition) is 2. The van der Waals surface area contributed by atoms with Crippen molar-refractivity contribution in [2.24, 2.45) is 0 Å². The van der Waals surface area contributed by atoms with Crippen molar-refractivity contribution in [2.45, 2.75) is 31.7 Å². The molecule has 0 aromatic heterocycles. The topological polar surface area (TPSA) is 15.3 Å². The molecule has 1 aliphatic rings. The van der Waals surface area contributed by atoms with Gasteiger partial charge < -0.3 is 10.2 Å². The Morgan fingerprint density at radius 3 is 2.41 bits per heavy atom.